The molecule has 2 aliphatic rings. The SMILES string of the molecule is COCC(=O)N(C1CCCCC1)[C@@H]1CC(C(=O)NCCO)=C[C@H](Oc2c(I)cc(C=O)cc2OC)[C@H]1O. The Morgan fingerprint density at radius 3 is 2.57 bits per heavy atom. The molecule has 3 atom stereocenters. The number of carbonyl (C=O) groups excluding carboxylic acids is 3. The Balaban J connectivity index is 2.01. The van der Waals surface area contributed by atoms with Crippen molar-refractivity contribution in [3.63, 3.8) is 0 Å². The second kappa shape index (κ2) is 14.1. The highest BCUT2D eigenvalue weighted by atomic mass is 127. The average Bonchev–Trinajstić information content (AvgIpc) is 2.90. The summed E-state index contributed by atoms with van der Waals surface area (Å²) in [6.45, 7) is -0.285. The van der Waals surface area contributed by atoms with Gasteiger partial charge in [-0.25, -0.2) is 0 Å². The standard InChI is InChI=1S/C26H35IN2O8/c1-35-15-23(32)29(18-6-4-3-5-7-18)20-12-17(26(34)28-8-9-30)13-21(24(20)33)37-25-19(27)10-16(14-31)11-22(25)36-2/h10-11,13-14,18,20-21,24,30,33H,3-9,12,15H2,1-2H3,(H,28,34)/t20-,21+,24+/m1/s1. The van der Waals surface area contributed by atoms with E-state index in [9.17, 15) is 24.6 Å². The molecule has 1 saturated carbocycles. The van der Waals surface area contributed by atoms with Crippen molar-refractivity contribution in [2.24, 2.45) is 0 Å². The van der Waals surface area contributed by atoms with Gasteiger partial charge < -0.3 is 34.6 Å². The molecular formula is C26H35IN2O8. The van der Waals surface area contributed by atoms with E-state index in [1.807, 2.05) is 22.6 Å². The molecule has 10 nitrogen and oxygen atoms in total. The summed E-state index contributed by atoms with van der Waals surface area (Å²) in [5, 5.41) is 23.4. The van der Waals surface area contributed by atoms with Crippen LogP contribution in [0.15, 0.2) is 23.8 Å². The van der Waals surface area contributed by atoms with Crippen molar-refractivity contribution in [1.82, 2.24) is 10.2 Å². The maximum Gasteiger partial charge on any atom is 0.249 e. The van der Waals surface area contributed by atoms with Crippen LogP contribution in [-0.2, 0) is 14.3 Å². The number of benzene rings is 1. The van der Waals surface area contributed by atoms with Gasteiger partial charge in [0.25, 0.3) is 0 Å². The number of carbonyl (C=O) groups is 3. The number of nitrogens with zero attached hydrogens (tertiary/aromatic N) is 1. The van der Waals surface area contributed by atoms with E-state index in [4.69, 9.17) is 14.2 Å². The zero-order valence-corrected chi connectivity index (χ0v) is 23.3. The van der Waals surface area contributed by atoms with E-state index in [1.165, 1.54) is 20.3 Å². The minimum absolute atomic E-state index is 0.0722. The van der Waals surface area contributed by atoms with Gasteiger partial charge in [-0.3, -0.25) is 14.4 Å². The number of ether oxygens (including phenoxy) is 3. The molecule has 1 aromatic carbocycles. The Kier molecular flexibility index (Phi) is 11.2. The third-order valence-electron chi connectivity index (χ3n) is 6.74. The predicted molar refractivity (Wildman–Crippen MR) is 144 cm³/mol. The first-order valence-electron chi connectivity index (χ1n) is 12.4. The molecule has 37 heavy (non-hydrogen) atoms. The minimum Gasteiger partial charge on any atom is -0.493 e. The summed E-state index contributed by atoms with van der Waals surface area (Å²) in [6, 6.07) is 2.35. The lowest BCUT2D eigenvalue weighted by atomic mass is 9.85. The number of hydrogen-bond acceptors (Lipinski definition) is 8. The number of nitrogens with one attached hydrogen (secondary N) is 1. The molecule has 0 spiro atoms. The third kappa shape index (κ3) is 7.21. The van der Waals surface area contributed by atoms with Crippen LogP contribution in [-0.4, -0.2) is 91.5 Å². The van der Waals surface area contributed by atoms with Crippen molar-refractivity contribution in [3.05, 3.63) is 32.9 Å². The van der Waals surface area contributed by atoms with Crippen LogP contribution >= 0.6 is 22.6 Å². The number of methoxy groups -OCH3 is 2. The number of hydrogen-bond donors (Lipinski definition) is 3. The predicted octanol–water partition coefficient (Wildman–Crippen LogP) is 1.84. The van der Waals surface area contributed by atoms with Crippen LogP contribution in [0.4, 0.5) is 0 Å². The van der Waals surface area contributed by atoms with Crippen LogP contribution in [0.3, 0.4) is 0 Å². The molecule has 0 aromatic heterocycles. The summed E-state index contributed by atoms with van der Waals surface area (Å²) in [5.41, 5.74) is 0.752. The van der Waals surface area contributed by atoms with Crippen molar-refractivity contribution in [2.75, 3.05) is 34.0 Å². The van der Waals surface area contributed by atoms with Gasteiger partial charge in [-0.15, -0.1) is 0 Å². The van der Waals surface area contributed by atoms with Gasteiger partial charge in [0.15, 0.2) is 11.5 Å². The fourth-order valence-electron chi connectivity index (χ4n) is 5.02. The van der Waals surface area contributed by atoms with E-state index >= 15 is 0 Å². The van der Waals surface area contributed by atoms with Crippen molar-refractivity contribution < 1.29 is 38.8 Å². The van der Waals surface area contributed by atoms with E-state index in [2.05, 4.69) is 5.32 Å². The van der Waals surface area contributed by atoms with Crippen LogP contribution in [0.2, 0.25) is 0 Å². The lowest BCUT2D eigenvalue weighted by molar-refractivity contribution is -0.147. The molecule has 2 aliphatic carbocycles. The number of aliphatic hydroxyl groups is 2. The van der Waals surface area contributed by atoms with Gasteiger partial charge in [0.2, 0.25) is 11.8 Å². The summed E-state index contributed by atoms with van der Waals surface area (Å²) in [5.74, 6) is -0.0307. The summed E-state index contributed by atoms with van der Waals surface area (Å²) in [4.78, 5) is 39.2. The summed E-state index contributed by atoms with van der Waals surface area (Å²) >= 11 is 2.02. The maximum absolute atomic E-state index is 13.3. The van der Waals surface area contributed by atoms with Gasteiger partial charge in [-0.2, -0.15) is 0 Å². The summed E-state index contributed by atoms with van der Waals surface area (Å²) < 4.78 is 17.4. The van der Waals surface area contributed by atoms with Crippen molar-refractivity contribution in [2.45, 2.75) is 62.8 Å². The Morgan fingerprint density at radius 1 is 1.22 bits per heavy atom. The lowest BCUT2D eigenvalue weighted by Crippen LogP contribution is -2.59. The molecule has 2 amide bonds. The van der Waals surface area contributed by atoms with E-state index < -0.39 is 24.2 Å². The molecule has 204 valence electrons. The molecule has 11 heteroatoms. The van der Waals surface area contributed by atoms with Crippen LogP contribution in [0.1, 0.15) is 48.9 Å². The Morgan fingerprint density at radius 2 is 1.95 bits per heavy atom. The van der Waals surface area contributed by atoms with Crippen molar-refractivity contribution >= 4 is 40.7 Å². The second-order valence-electron chi connectivity index (χ2n) is 9.19. The van der Waals surface area contributed by atoms with Gasteiger partial charge in [0.1, 0.15) is 25.1 Å². The molecule has 3 N–H and O–H groups in total. The first-order valence-corrected chi connectivity index (χ1v) is 13.5. The van der Waals surface area contributed by atoms with Gasteiger partial charge in [-0.05, 0) is 53.6 Å². The Labute approximate surface area is 230 Å². The lowest BCUT2D eigenvalue weighted by Gasteiger charge is -2.45. The van der Waals surface area contributed by atoms with Crippen molar-refractivity contribution in [1.29, 1.82) is 0 Å². The van der Waals surface area contributed by atoms with Gasteiger partial charge in [-0.1, -0.05) is 19.3 Å². The van der Waals surface area contributed by atoms with E-state index in [1.54, 1.807) is 17.0 Å². The topological polar surface area (TPSA) is 135 Å². The minimum atomic E-state index is -1.15. The first-order chi connectivity index (χ1) is 17.8. The zero-order valence-electron chi connectivity index (χ0n) is 21.2. The smallest absolute Gasteiger partial charge is 0.249 e. The Hall–Kier alpha value is -2.22. The molecule has 3 rings (SSSR count). The van der Waals surface area contributed by atoms with Gasteiger partial charge in [0.05, 0.1) is 23.3 Å². The van der Waals surface area contributed by atoms with E-state index in [-0.39, 0.29) is 38.1 Å². The molecule has 1 aromatic rings. The van der Waals surface area contributed by atoms with Crippen molar-refractivity contribution in [3.8, 4) is 11.5 Å². The van der Waals surface area contributed by atoms with Gasteiger partial charge in [0, 0.05) is 37.3 Å². The number of aldehydes is 1. The highest BCUT2D eigenvalue weighted by Crippen LogP contribution is 2.38. The number of halogens is 1. The van der Waals surface area contributed by atoms with Crippen LogP contribution in [0, 0.1) is 3.57 Å². The van der Waals surface area contributed by atoms with Gasteiger partial charge >= 0.3 is 0 Å². The number of rotatable bonds is 11. The maximum atomic E-state index is 13.3. The largest absolute Gasteiger partial charge is 0.493 e. The van der Waals surface area contributed by atoms with Crippen LogP contribution in [0.5, 0.6) is 11.5 Å². The highest BCUT2D eigenvalue weighted by molar-refractivity contribution is 14.1. The zero-order chi connectivity index (χ0) is 26.9. The average molecular weight is 630 g/mol. The fraction of sp³-hybridized carbons (Fsp3) is 0.577. The number of amides is 2. The second-order valence-corrected chi connectivity index (χ2v) is 10.4. The molecule has 1 fully saturated rings. The summed E-state index contributed by atoms with van der Waals surface area (Å²) in [6.07, 6.45) is 4.89. The monoisotopic (exact) mass is 630 g/mol. The molecule has 0 unspecified atom stereocenters. The van der Waals surface area contributed by atoms with Crippen LogP contribution < -0.4 is 14.8 Å². The molecule has 0 radical (unpaired) electrons. The molecule has 0 bridgehead atoms. The third-order valence-corrected chi connectivity index (χ3v) is 7.54. The van der Waals surface area contributed by atoms with E-state index in [0.717, 1.165) is 32.1 Å². The summed E-state index contributed by atoms with van der Waals surface area (Å²) in [7, 11) is 2.90. The fourth-order valence-corrected chi connectivity index (χ4v) is 5.78. The molecule has 0 heterocycles. The molecular weight excluding hydrogens is 595 g/mol. The molecule has 0 aliphatic heterocycles. The quantitative estimate of drug-likeness (QED) is 0.249. The molecule has 0 saturated heterocycles. The van der Waals surface area contributed by atoms with Crippen LogP contribution in [0.25, 0.3) is 0 Å². The normalized spacial score (nSPS) is 22.1. The van der Waals surface area contributed by atoms with E-state index in [0.29, 0.717) is 32.5 Å². The Bertz CT molecular complexity index is 995. The number of aliphatic hydroxyl groups excluding tert-OH is 2. The first kappa shape index (κ1) is 29.3. The highest BCUT2D eigenvalue weighted by Gasteiger charge is 2.43.